The molecule has 0 aliphatic rings. The van der Waals surface area contributed by atoms with Crippen molar-refractivity contribution in [1.82, 2.24) is 10.2 Å². The van der Waals surface area contributed by atoms with Gasteiger partial charge in [0.05, 0.1) is 19.8 Å². The van der Waals surface area contributed by atoms with Crippen molar-refractivity contribution >= 4 is 5.91 Å². The number of ether oxygens (including phenoxy) is 1. The van der Waals surface area contributed by atoms with Crippen LogP contribution in [0.25, 0.3) is 0 Å². The van der Waals surface area contributed by atoms with E-state index < -0.39 is 11.9 Å². The van der Waals surface area contributed by atoms with E-state index in [1.807, 2.05) is 30.3 Å². The fourth-order valence-corrected chi connectivity index (χ4v) is 2.40. The number of benzene rings is 2. The van der Waals surface area contributed by atoms with Crippen molar-refractivity contribution in [2.45, 2.75) is 12.6 Å². The average Bonchev–Trinajstić information content (AvgIpc) is 2.62. The van der Waals surface area contributed by atoms with Gasteiger partial charge in [0.25, 0.3) is 0 Å². The van der Waals surface area contributed by atoms with Crippen molar-refractivity contribution in [1.29, 1.82) is 0 Å². The van der Waals surface area contributed by atoms with E-state index in [2.05, 4.69) is 5.32 Å². The van der Waals surface area contributed by atoms with Crippen molar-refractivity contribution in [2.24, 2.45) is 0 Å². The monoisotopic (exact) mass is 346 g/mol. The van der Waals surface area contributed by atoms with Gasteiger partial charge in [-0.25, -0.2) is 4.39 Å². The average molecular weight is 346 g/mol. The van der Waals surface area contributed by atoms with Gasteiger partial charge in [-0.3, -0.25) is 4.79 Å². The molecule has 0 aliphatic heterocycles. The number of hydrogen-bond acceptors (Lipinski definition) is 4. The number of methoxy groups -OCH3 is 1. The summed E-state index contributed by atoms with van der Waals surface area (Å²) >= 11 is 0. The highest BCUT2D eigenvalue weighted by Crippen LogP contribution is 2.21. The first-order chi connectivity index (χ1) is 12.0. The molecule has 0 heterocycles. The van der Waals surface area contributed by atoms with Crippen LogP contribution in [0.2, 0.25) is 0 Å². The second kappa shape index (κ2) is 9.15. The van der Waals surface area contributed by atoms with Crippen LogP contribution in [0.3, 0.4) is 0 Å². The van der Waals surface area contributed by atoms with Gasteiger partial charge in [0, 0.05) is 20.1 Å². The maximum Gasteiger partial charge on any atom is 0.236 e. The van der Waals surface area contributed by atoms with E-state index in [9.17, 15) is 14.3 Å². The number of nitrogens with one attached hydrogen (secondary N) is 1. The number of hydrogen-bond donors (Lipinski definition) is 2. The summed E-state index contributed by atoms with van der Waals surface area (Å²) in [7, 11) is 3.11. The van der Waals surface area contributed by atoms with Gasteiger partial charge in [0.1, 0.15) is 0 Å². The number of carbonyl (C=O) groups is 1. The Morgan fingerprint density at radius 3 is 2.64 bits per heavy atom. The van der Waals surface area contributed by atoms with Gasteiger partial charge in [0.15, 0.2) is 11.6 Å². The molecule has 1 amide bonds. The van der Waals surface area contributed by atoms with Crippen LogP contribution >= 0.6 is 0 Å². The number of halogens is 1. The molecule has 0 saturated carbocycles. The summed E-state index contributed by atoms with van der Waals surface area (Å²) in [5.74, 6) is -0.490. The van der Waals surface area contributed by atoms with E-state index >= 15 is 0 Å². The predicted molar refractivity (Wildman–Crippen MR) is 93.7 cm³/mol. The van der Waals surface area contributed by atoms with Crippen molar-refractivity contribution in [3.8, 4) is 5.75 Å². The molecule has 1 atom stereocenters. The molecular weight excluding hydrogens is 323 g/mol. The number of rotatable bonds is 8. The number of likely N-dealkylation sites (N-methyl/N-ethyl adjacent to an activating group) is 1. The molecule has 5 nitrogen and oxygen atoms in total. The lowest BCUT2D eigenvalue weighted by Crippen LogP contribution is -2.36. The van der Waals surface area contributed by atoms with Gasteiger partial charge in [-0.05, 0) is 23.3 Å². The Labute approximate surface area is 147 Å². The topological polar surface area (TPSA) is 61.8 Å². The quantitative estimate of drug-likeness (QED) is 0.769. The minimum Gasteiger partial charge on any atom is -0.494 e. The minimum absolute atomic E-state index is 0.0861. The van der Waals surface area contributed by atoms with Gasteiger partial charge in [-0.1, -0.05) is 36.4 Å². The highest BCUT2D eigenvalue weighted by molar-refractivity contribution is 5.77. The molecule has 2 aromatic carbocycles. The first kappa shape index (κ1) is 18.9. The Kier molecular flexibility index (Phi) is 6.91. The first-order valence-corrected chi connectivity index (χ1v) is 8.01. The summed E-state index contributed by atoms with van der Waals surface area (Å²) in [5, 5.41) is 13.0. The molecule has 2 aromatic rings. The second-order valence-corrected chi connectivity index (χ2v) is 5.78. The minimum atomic E-state index is -0.910. The number of amides is 1. The van der Waals surface area contributed by atoms with Crippen molar-refractivity contribution < 1.29 is 19.0 Å². The molecule has 0 fully saturated rings. The fourth-order valence-electron chi connectivity index (χ4n) is 2.40. The van der Waals surface area contributed by atoms with Gasteiger partial charge in [-0.2, -0.15) is 0 Å². The van der Waals surface area contributed by atoms with E-state index in [1.54, 1.807) is 18.0 Å². The van der Waals surface area contributed by atoms with Crippen LogP contribution in [0.5, 0.6) is 5.75 Å². The molecule has 1 unspecified atom stereocenters. The van der Waals surface area contributed by atoms with Crippen LogP contribution in [0.15, 0.2) is 48.5 Å². The lowest BCUT2D eigenvalue weighted by Gasteiger charge is -2.18. The van der Waals surface area contributed by atoms with Crippen molar-refractivity contribution in [2.75, 3.05) is 27.2 Å². The number of aliphatic hydroxyl groups excluding tert-OH is 1. The fraction of sp³-hybridized carbons (Fsp3) is 0.316. The standard InChI is InChI=1S/C19H23FN2O3/c1-22(13-14-6-4-3-5-7-14)19(24)12-21-11-17(23)15-8-9-18(25-2)16(20)10-15/h3-10,17,21,23H,11-13H2,1-2H3. The highest BCUT2D eigenvalue weighted by atomic mass is 19.1. The molecule has 0 bridgehead atoms. The van der Waals surface area contributed by atoms with Gasteiger partial charge in [0.2, 0.25) is 5.91 Å². The zero-order chi connectivity index (χ0) is 18.2. The Bertz CT molecular complexity index is 694. The zero-order valence-corrected chi connectivity index (χ0v) is 14.4. The molecule has 0 aromatic heterocycles. The smallest absolute Gasteiger partial charge is 0.236 e. The van der Waals surface area contributed by atoms with Crippen LogP contribution in [0.1, 0.15) is 17.2 Å². The van der Waals surface area contributed by atoms with Crippen LogP contribution in [0.4, 0.5) is 4.39 Å². The molecule has 0 spiro atoms. The van der Waals surface area contributed by atoms with Crippen LogP contribution in [-0.2, 0) is 11.3 Å². The summed E-state index contributed by atoms with van der Waals surface area (Å²) < 4.78 is 18.5. The maximum absolute atomic E-state index is 13.7. The zero-order valence-electron chi connectivity index (χ0n) is 14.4. The molecule has 0 aliphatic carbocycles. The third-order valence-electron chi connectivity index (χ3n) is 3.86. The summed E-state index contributed by atoms with van der Waals surface area (Å²) in [6.45, 7) is 0.767. The van der Waals surface area contributed by atoms with Crippen LogP contribution in [-0.4, -0.2) is 43.2 Å². The number of carbonyl (C=O) groups excluding carboxylic acids is 1. The lowest BCUT2D eigenvalue weighted by molar-refractivity contribution is -0.129. The number of nitrogens with zero attached hydrogens (tertiary/aromatic N) is 1. The molecule has 25 heavy (non-hydrogen) atoms. The van der Waals surface area contributed by atoms with Gasteiger partial charge >= 0.3 is 0 Å². The molecule has 0 radical (unpaired) electrons. The Hall–Kier alpha value is -2.44. The lowest BCUT2D eigenvalue weighted by atomic mass is 10.1. The summed E-state index contributed by atoms with van der Waals surface area (Å²) in [5.41, 5.74) is 1.47. The van der Waals surface area contributed by atoms with Crippen LogP contribution < -0.4 is 10.1 Å². The second-order valence-electron chi connectivity index (χ2n) is 5.78. The Morgan fingerprint density at radius 2 is 2.00 bits per heavy atom. The SMILES string of the molecule is COc1ccc(C(O)CNCC(=O)N(C)Cc2ccccc2)cc1F. The molecule has 0 saturated heterocycles. The Morgan fingerprint density at radius 1 is 1.28 bits per heavy atom. The molecule has 2 rings (SSSR count). The normalized spacial score (nSPS) is 11.8. The highest BCUT2D eigenvalue weighted by Gasteiger charge is 2.13. The molecule has 134 valence electrons. The van der Waals surface area contributed by atoms with E-state index in [1.165, 1.54) is 19.2 Å². The summed E-state index contributed by atoms with van der Waals surface area (Å²) in [6, 6.07) is 14.0. The third kappa shape index (κ3) is 5.55. The first-order valence-electron chi connectivity index (χ1n) is 8.01. The van der Waals surface area contributed by atoms with Gasteiger partial charge in [-0.15, -0.1) is 0 Å². The summed E-state index contributed by atoms with van der Waals surface area (Å²) in [6.07, 6.45) is -0.910. The van der Waals surface area contributed by atoms with E-state index in [0.717, 1.165) is 5.56 Å². The van der Waals surface area contributed by atoms with Crippen molar-refractivity contribution in [3.05, 3.63) is 65.5 Å². The van der Waals surface area contributed by atoms with E-state index in [-0.39, 0.29) is 24.7 Å². The third-order valence-corrected chi connectivity index (χ3v) is 3.86. The predicted octanol–water partition coefficient (Wildman–Crippen LogP) is 2.12. The van der Waals surface area contributed by atoms with E-state index in [0.29, 0.717) is 12.1 Å². The van der Waals surface area contributed by atoms with E-state index in [4.69, 9.17) is 4.74 Å². The van der Waals surface area contributed by atoms with Crippen molar-refractivity contribution in [3.63, 3.8) is 0 Å². The largest absolute Gasteiger partial charge is 0.494 e. The molecule has 6 heteroatoms. The summed E-state index contributed by atoms with van der Waals surface area (Å²) in [4.78, 5) is 13.7. The Balaban J connectivity index is 1.79. The maximum atomic E-state index is 13.7. The number of aliphatic hydroxyl groups is 1. The van der Waals surface area contributed by atoms with Crippen LogP contribution in [0, 0.1) is 5.82 Å². The molecular formula is C19H23FN2O3. The van der Waals surface area contributed by atoms with Gasteiger partial charge < -0.3 is 20.1 Å². The molecule has 2 N–H and O–H groups in total.